The third-order valence-corrected chi connectivity index (χ3v) is 5.02. The van der Waals surface area contributed by atoms with Gasteiger partial charge in [-0.2, -0.15) is 0 Å². The largest absolute Gasteiger partial charge is 0.478 e. The Bertz CT molecular complexity index is 1230. The molecule has 0 fully saturated rings. The molecule has 0 spiro atoms. The number of halogens is 3. The number of benzene rings is 2. The highest BCUT2D eigenvalue weighted by Gasteiger charge is 2.24. The van der Waals surface area contributed by atoms with E-state index in [2.05, 4.69) is 10.3 Å². The number of carbonyl (C=O) groups excluding carboxylic acids is 1. The number of carboxylic acids is 1. The first kappa shape index (κ1) is 18.7. The van der Waals surface area contributed by atoms with Gasteiger partial charge in [-0.15, -0.1) is 11.3 Å². The summed E-state index contributed by atoms with van der Waals surface area (Å²) in [5.74, 6) is -7.10. The molecule has 0 aliphatic heterocycles. The lowest BCUT2D eigenvalue weighted by molar-refractivity contribution is 0.0699. The van der Waals surface area contributed by atoms with Crippen molar-refractivity contribution in [2.45, 2.75) is 0 Å². The van der Waals surface area contributed by atoms with Crippen LogP contribution in [0.1, 0.15) is 21.0 Å². The van der Waals surface area contributed by atoms with Gasteiger partial charge >= 0.3 is 11.9 Å². The molecule has 29 heavy (non-hydrogen) atoms. The smallest absolute Gasteiger partial charge is 0.339 e. The second-order valence-corrected chi connectivity index (χ2v) is 6.73. The summed E-state index contributed by atoms with van der Waals surface area (Å²) in [7, 11) is 0. The SMILES string of the molecule is O=C(Nc1csc(-c2cc(F)c(F)c(F)c2)c1C(=O)O)c1nc2ccccc2o1. The number of amides is 1. The standard InChI is InChI=1S/C19H9F3N2O4S/c20-9-5-8(6-10(21)15(9)22)16-14(19(26)27)12(7-29-16)23-17(25)18-24-11-3-1-2-4-13(11)28-18/h1-7H,(H,23,25)(H,26,27). The lowest BCUT2D eigenvalue weighted by Gasteiger charge is -2.05. The van der Waals surface area contributed by atoms with Crippen LogP contribution in [0, 0.1) is 17.5 Å². The van der Waals surface area contributed by atoms with Gasteiger partial charge < -0.3 is 14.8 Å². The molecule has 0 saturated carbocycles. The third kappa shape index (κ3) is 3.34. The van der Waals surface area contributed by atoms with Crippen LogP contribution in [0.15, 0.2) is 46.2 Å². The lowest BCUT2D eigenvalue weighted by Crippen LogP contribution is -2.14. The predicted octanol–water partition coefficient (Wildman–Crippen LogP) is 4.92. The minimum absolute atomic E-state index is 0.0526. The van der Waals surface area contributed by atoms with Gasteiger partial charge in [-0.25, -0.2) is 22.9 Å². The molecular weight excluding hydrogens is 409 g/mol. The zero-order chi connectivity index (χ0) is 20.7. The quantitative estimate of drug-likeness (QED) is 0.459. The maximum atomic E-state index is 13.5. The maximum Gasteiger partial charge on any atom is 0.339 e. The van der Waals surface area contributed by atoms with Gasteiger partial charge in [-0.3, -0.25) is 4.79 Å². The number of para-hydroxylation sites is 2. The van der Waals surface area contributed by atoms with E-state index in [0.29, 0.717) is 23.2 Å². The van der Waals surface area contributed by atoms with Crippen molar-refractivity contribution in [2.75, 3.05) is 5.32 Å². The summed E-state index contributed by atoms with van der Waals surface area (Å²) in [4.78, 5) is 28.1. The molecule has 0 aliphatic rings. The molecule has 0 radical (unpaired) electrons. The Hall–Kier alpha value is -3.66. The number of nitrogens with one attached hydrogen (secondary N) is 1. The van der Waals surface area contributed by atoms with Crippen molar-refractivity contribution in [3.05, 3.63) is 70.7 Å². The Morgan fingerprint density at radius 1 is 1.10 bits per heavy atom. The van der Waals surface area contributed by atoms with Crippen molar-refractivity contribution >= 4 is 40.0 Å². The fraction of sp³-hybridized carbons (Fsp3) is 0. The Morgan fingerprint density at radius 2 is 1.79 bits per heavy atom. The Balaban J connectivity index is 1.71. The number of hydrogen-bond donors (Lipinski definition) is 2. The van der Waals surface area contributed by atoms with Crippen molar-refractivity contribution in [2.24, 2.45) is 0 Å². The predicted molar refractivity (Wildman–Crippen MR) is 98.6 cm³/mol. The van der Waals surface area contributed by atoms with E-state index in [0.717, 1.165) is 11.3 Å². The van der Waals surface area contributed by atoms with Gasteiger partial charge in [0.25, 0.3) is 5.89 Å². The van der Waals surface area contributed by atoms with Gasteiger partial charge in [0.15, 0.2) is 23.0 Å². The van der Waals surface area contributed by atoms with Gasteiger partial charge in [0.1, 0.15) is 11.1 Å². The first-order valence-electron chi connectivity index (χ1n) is 8.01. The number of anilines is 1. The van der Waals surface area contributed by atoms with Crippen molar-refractivity contribution < 1.29 is 32.3 Å². The molecular formula is C19H9F3N2O4S. The van der Waals surface area contributed by atoms with E-state index < -0.39 is 34.9 Å². The van der Waals surface area contributed by atoms with E-state index in [9.17, 15) is 27.9 Å². The third-order valence-electron chi connectivity index (χ3n) is 3.99. The molecule has 0 bridgehead atoms. The van der Waals surface area contributed by atoms with Crippen molar-refractivity contribution in [1.82, 2.24) is 4.98 Å². The Kier molecular flexibility index (Phi) is 4.55. The summed E-state index contributed by atoms with van der Waals surface area (Å²) in [6.45, 7) is 0. The molecule has 0 atom stereocenters. The molecule has 10 heteroatoms. The van der Waals surface area contributed by atoms with Crippen molar-refractivity contribution in [3.63, 3.8) is 0 Å². The summed E-state index contributed by atoms with van der Waals surface area (Å²) in [6, 6.07) is 8.03. The summed E-state index contributed by atoms with van der Waals surface area (Å²) >= 11 is 0.821. The fourth-order valence-corrected chi connectivity index (χ4v) is 3.69. The van der Waals surface area contributed by atoms with Crippen LogP contribution in [0.2, 0.25) is 0 Å². The number of hydrogen-bond acceptors (Lipinski definition) is 5. The average Bonchev–Trinajstić information content (AvgIpc) is 3.29. The number of carbonyl (C=O) groups is 2. The summed E-state index contributed by atoms with van der Waals surface area (Å²) in [5, 5.41) is 13.2. The van der Waals surface area contributed by atoms with Gasteiger partial charge in [0.05, 0.1) is 10.6 Å². The van der Waals surface area contributed by atoms with Crippen LogP contribution in [0.3, 0.4) is 0 Å². The van der Waals surface area contributed by atoms with E-state index in [1.165, 1.54) is 5.38 Å². The summed E-state index contributed by atoms with van der Waals surface area (Å²) in [6.07, 6.45) is 0. The molecule has 1 amide bonds. The lowest BCUT2D eigenvalue weighted by atomic mass is 10.1. The van der Waals surface area contributed by atoms with Crippen molar-refractivity contribution in [1.29, 1.82) is 0 Å². The molecule has 2 heterocycles. The fourth-order valence-electron chi connectivity index (χ4n) is 2.71. The summed E-state index contributed by atoms with van der Waals surface area (Å²) in [5.41, 5.74) is 0.129. The highest BCUT2D eigenvalue weighted by Crippen LogP contribution is 2.37. The van der Waals surface area contributed by atoms with Crippen LogP contribution < -0.4 is 5.32 Å². The highest BCUT2D eigenvalue weighted by atomic mass is 32.1. The Labute approximate surface area is 164 Å². The van der Waals surface area contributed by atoms with E-state index in [1.54, 1.807) is 24.3 Å². The van der Waals surface area contributed by atoms with Crippen LogP contribution in [0.25, 0.3) is 21.5 Å². The maximum absolute atomic E-state index is 13.5. The van der Waals surface area contributed by atoms with E-state index in [4.69, 9.17) is 4.42 Å². The van der Waals surface area contributed by atoms with Crippen LogP contribution in [-0.2, 0) is 0 Å². The van der Waals surface area contributed by atoms with Gasteiger partial charge in [0.2, 0.25) is 0 Å². The van der Waals surface area contributed by atoms with Crippen LogP contribution >= 0.6 is 11.3 Å². The number of aromatic nitrogens is 1. The molecule has 146 valence electrons. The van der Waals surface area contributed by atoms with Gasteiger partial charge in [0, 0.05) is 5.38 Å². The molecule has 4 aromatic rings. The molecule has 2 N–H and O–H groups in total. The first-order chi connectivity index (χ1) is 13.8. The zero-order valence-corrected chi connectivity index (χ0v) is 15.0. The summed E-state index contributed by atoms with van der Waals surface area (Å²) < 4.78 is 45.6. The topological polar surface area (TPSA) is 92.4 Å². The normalized spacial score (nSPS) is 11.0. The van der Waals surface area contributed by atoms with Crippen molar-refractivity contribution in [3.8, 4) is 10.4 Å². The number of nitrogens with zero attached hydrogens (tertiary/aromatic N) is 1. The van der Waals surface area contributed by atoms with E-state index >= 15 is 0 Å². The molecule has 6 nitrogen and oxygen atoms in total. The number of oxazole rings is 1. The second-order valence-electron chi connectivity index (χ2n) is 5.85. The minimum Gasteiger partial charge on any atom is -0.478 e. The second kappa shape index (κ2) is 7.06. The Morgan fingerprint density at radius 3 is 2.45 bits per heavy atom. The zero-order valence-electron chi connectivity index (χ0n) is 14.2. The number of thiophene rings is 1. The minimum atomic E-state index is -1.66. The molecule has 4 rings (SSSR count). The van der Waals surface area contributed by atoms with E-state index in [-0.39, 0.29) is 22.0 Å². The molecule has 0 aliphatic carbocycles. The van der Waals surface area contributed by atoms with Crippen LogP contribution in [0.4, 0.5) is 18.9 Å². The van der Waals surface area contributed by atoms with Gasteiger partial charge in [-0.05, 0) is 29.8 Å². The van der Waals surface area contributed by atoms with Crippen LogP contribution in [-0.4, -0.2) is 22.0 Å². The average molecular weight is 418 g/mol. The first-order valence-corrected chi connectivity index (χ1v) is 8.89. The van der Waals surface area contributed by atoms with Crippen LogP contribution in [0.5, 0.6) is 0 Å². The molecule has 0 unspecified atom stereocenters. The van der Waals surface area contributed by atoms with Gasteiger partial charge in [-0.1, -0.05) is 12.1 Å². The number of rotatable bonds is 4. The highest BCUT2D eigenvalue weighted by molar-refractivity contribution is 7.14. The van der Waals surface area contributed by atoms with E-state index in [1.807, 2.05) is 0 Å². The monoisotopic (exact) mass is 418 g/mol. The number of carboxylic acid groups (broad SMARTS) is 1. The number of aromatic carboxylic acids is 1. The molecule has 0 saturated heterocycles. The number of fused-ring (bicyclic) bond motifs is 1. The molecule has 2 aromatic heterocycles. The molecule has 2 aromatic carbocycles.